The van der Waals surface area contributed by atoms with Crippen molar-refractivity contribution in [1.29, 1.82) is 0 Å². The Bertz CT molecular complexity index is 540. The SMILES string of the molecule is CCOC(=O)CN(CCOC)CC(=O)Nc1ccc(F)cc1F. The average Bonchev–Trinajstić information content (AvgIpc) is 2.48. The summed E-state index contributed by atoms with van der Waals surface area (Å²) in [5.41, 5.74) is -0.126. The number of esters is 1. The monoisotopic (exact) mass is 330 g/mol. The van der Waals surface area contributed by atoms with E-state index in [9.17, 15) is 18.4 Å². The number of methoxy groups -OCH3 is 1. The molecule has 8 heteroatoms. The summed E-state index contributed by atoms with van der Waals surface area (Å²) in [6, 6.07) is 2.85. The second-order valence-electron chi connectivity index (χ2n) is 4.68. The highest BCUT2D eigenvalue weighted by atomic mass is 19.1. The minimum atomic E-state index is -0.868. The first kappa shape index (κ1) is 19.0. The molecule has 0 atom stereocenters. The number of halogens is 2. The number of hydrogen-bond donors (Lipinski definition) is 1. The highest BCUT2D eigenvalue weighted by Crippen LogP contribution is 2.14. The van der Waals surface area contributed by atoms with Gasteiger partial charge in [-0.25, -0.2) is 8.78 Å². The molecule has 6 nitrogen and oxygen atoms in total. The normalized spacial score (nSPS) is 10.7. The molecule has 0 aliphatic heterocycles. The maximum atomic E-state index is 13.5. The largest absolute Gasteiger partial charge is 0.465 e. The Labute approximate surface area is 133 Å². The first-order chi connectivity index (χ1) is 11.0. The number of carbonyl (C=O) groups excluding carboxylic acids is 2. The van der Waals surface area contributed by atoms with Crippen molar-refractivity contribution in [3.05, 3.63) is 29.8 Å². The van der Waals surface area contributed by atoms with Crippen molar-refractivity contribution in [3.63, 3.8) is 0 Å². The molecule has 0 spiro atoms. The van der Waals surface area contributed by atoms with Crippen LogP contribution in [0.1, 0.15) is 6.92 Å². The van der Waals surface area contributed by atoms with Crippen LogP contribution in [0.25, 0.3) is 0 Å². The van der Waals surface area contributed by atoms with Gasteiger partial charge >= 0.3 is 5.97 Å². The summed E-state index contributed by atoms with van der Waals surface area (Å²) in [5.74, 6) is -2.60. The van der Waals surface area contributed by atoms with Gasteiger partial charge in [0.1, 0.15) is 11.6 Å². The predicted octanol–water partition coefficient (Wildman–Crippen LogP) is 1.41. The van der Waals surface area contributed by atoms with Gasteiger partial charge in [-0.3, -0.25) is 14.5 Å². The smallest absolute Gasteiger partial charge is 0.320 e. The zero-order chi connectivity index (χ0) is 17.2. The number of anilines is 1. The van der Waals surface area contributed by atoms with Crippen LogP contribution in [-0.4, -0.2) is 56.7 Å². The molecule has 0 bridgehead atoms. The van der Waals surface area contributed by atoms with Crippen molar-refractivity contribution in [3.8, 4) is 0 Å². The number of carbonyl (C=O) groups is 2. The zero-order valence-electron chi connectivity index (χ0n) is 13.1. The van der Waals surface area contributed by atoms with E-state index in [2.05, 4.69) is 5.32 Å². The van der Waals surface area contributed by atoms with E-state index >= 15 is 0 Å². The molecular formula is C15H20F2N2O4. The summed E-state index contributed by atoms with van der Waals surface area (Å²) in [4.78, 5) is 25.0. The molecule has 1 amide bonds. The molecule has 0 fully saturated rings. The van der Waals surface area contributed by atoms with Crippen molar-refractivity contribution >= 4 is 17.6 Å². The highest BCUT2D eigenvalue weighted by molar-refractivity contribution is 5.92. The van der Waals surface area contributed by atoms with E-state index in [0.717, 1.165) is 12.1 Å². The molecule has 0 radical (unpaired) electrons. The zero-order valence-corrected chi connectivity index (χ0v) is 13.1. The Kier molecular flexibility index (Phi) is 8.14. The molecule has 23 heavy (non-hydrogen) atoms. The summed E-state index contributed by atoms with van der Waals surface area (Å²) in [5, 5.41) is 2.33. The topological polar surface area (TPSA) is 67.9 Å². The van der Waals surface area contributed by atoms with E-state index in [4.69, 9.17) is 9.47 Å². The molecule has 0 aliphatic rings. The number of hydrogen-bond acceptors (Lipinski definition) is 5. The summed E-state index contributed by atoms with van der Waals surface area (Å²) in [6.45, 7) is 2.33. The Morgan fingerprint density at radius 3 is 2.61 bits per heavy atom. The number of ether oxygens (including phenoxy) is 2. The number of benzene rings is 1. The fraction of sp³-hybridized carbons (Fsp3) is 0.467. The number of rotatable bonds is 9. The third-order valence-electron chi connectivity index (χ3n) is 2.84. The lowest BCUT2D eigenvalue weighted by Gasteiger charge is -2.20. The summed E-state index contributed by atoms with van der Waals surface area (Å²) >= 11 is 0. The molecule has 0 saturated carbocycles. The van der Waals surface area contributed by atoms with Gasteiger partial charge in [-0.2, -0.15) is 0 Å². The minimum absolute atomic E-state index is 0.0868. The lowest BCUT2D eigenvalue weighted by atomic mass is 10.3. The molecule has 0 aliphatic carbocycles. The molecule has 0 aromatic heterocycles. The van der Waals surface area contributed by atoms with Crippen LogP contribution < -0.4 is 5.32 Å². The van der Waals surface area contributed by atoms with Crippen LogP contribution in [-0.2, 0) is 19.1 Å². The molecule has 1 rings (SSSR count). The second-order valence-corrected chi connectivity index (χ2v) is 4.68. The molecule has 128 valence electrons. The Morgan fingerprint density at radius 2 is 2.00 bits per heavy atom. The lowest BCUT2D eigenvalue weighted by molar-refractivity contribution is -0.144. The van der Waals surface area contributed by atoms with Crippen molar-refractivity contribution in [2.24, 2.45) is 0 Å². The fourth-order valence-corrected chi connectivity index (χ4v) is 1.81. The van der Waals surface area contributed by atoms with Crippen LogP contribution in [0.15, 0.2) is 18.2 Å². The van der Waals surface area contributed by atoms with E-state index in [1.165, 1.54) is 12.0 Å². The van der Waals surface area contributed by atoms with Gasteiger partial charge in [0.15, 0.2) is 0 Å². The van der Waals surface area contributed by atoms with Crippen LogP contribution in [0.4, 0.5) is 14.5 Å². The Morgan fingerprint density at radius 1 is 1.26 bits per heavy atom. The fourth-order valence-electron chi connectivity index (χ4n) is 1.81. The summed E-state index contributed by atoms with van der Waals surface area (Å²) in [6.07, 6.45) is 0. The van der Waals surface area contributed by atoms with Crippen molar-refractivity contribution in [1.82, 2.24) is 4.90 Å². The van der Waals surface area contributed by atoms with Crippen LogP contribution in [0.5, 0.6) is 0 Å². The third-order valence-corrected chi connectivity index (χ3v) is 2.84. The van der Waals surface area contributed by atoms with Crippen molar-refractivity contribution in [2.75, 3.05) is 45.3 Å². The van der Waals surface area contributed by atoms with Gasteiger partial charge in [0.05, 0.1) is 32.0 Å². The van der Waals surface area contributed by atoms with Gasteiger partial charge in [-0.05, 0) is 19.1 Å². The van der Waals surface area contributed by atoms with Crippen molar-refractivity contribution < 1.29 is 27.8 Å². The highest BCUT2D eigenvalue weighted by Gasteiger charge is 2.16. The first-order valence-corrected chi connectivity index (χ1v) is 7.08. The maximum absolute atomic E-state index is 13.5. The van der Waals surface area contributed by atoms with Gasteiger partial charge in [0.25, 0.3) is 0 Å². The molecule has 0 heterocycles. The summed E-state index contributed by atoms with van der Waals surface area (Å²) < 4.78 is 36.1. The van der Waals surface area contributed by atoms with Gasteiger partial charge in [-0.1, -0.05) is 0 Å². The van der Waals surface area contributed by atoms with Gasteiger partial charge in [0, 0.05) is 19.7 Å². The molecule has 1 N–H and O–H groups in total. The van der Waals surface area contributed by atoms with Crippen LogP contribution in [0, 0.1) is 11.6 Å². The molecule has 1 aromatic rings. The Hall–Kier alpha value is -2.06. The van der Waals surface area contributed by atoms with Gasteiger partial charge in [-0.15, -0.1) is 0 Å². The standard InChI is InChI=1S/C15H20F2N2O4/c1-3-23-15(21)10-19(6-7-22-2)9-14(20)18-13-5-4-11(16)8-12(13)17/h4-5,8H,3,6-7,9-10H2,1-2H3,(H,18,20). The minimum Gasteiger partial charge on any atom is -0.465 e. The van der Waals surface area contributed by atoms with Crippen LogP contribution in [0.2, 0.25) is 0 Å². The summed E-state index contributed by atoms with van der Waals surface area (Å²) in [7, 11) is 1.50. The third kappa shape index (κ3) is 7.16. The number of nitrogens with zero attached hydrogens (tertiary/aromatic N) is 1. The molecular weight excluding hydrogens is 310 g/mol. The maximum Gasteiger partial charge on any atom is 0.320 e. The van der Waals surface area contributed by atoms with Crippen LogP contribution in [0.3, 0.4) is 0 Å². The van der Waals surface area contributed by atoms with Crippen molar-refractivity contribution in [2.45, 2.75) is 6.92 Å². The van der Waals surface area contributed by atoms with E-state index in [1.54, 1.807) is 6.92 Å². The van der Waals surface area contributed by atoms with Gasteiger partial charge in [0.2, 0.25) is 5.91 Å². The average molecular weight is 330 g/mol. The lowest BCUT2D eigenvalue weighted by Crippen LogP contribution is -2.39. The van der Waals surface area contributed by atoms with E-state index in [-0.39, 0.29) is 25.4 Å². The quantitative estimate of drug-likeness (QED) is 0.694. The number of nitrogens with one attached hydrogen (secondary N) is 1. The van der Waals surface area contributed by atoms with Crippen LogP contribution >= 0.6 is 0 Å². The van der Waals surface area contributed by atoms with E-state index in [1.807, 2.05) is 0 Å². The number of amides is 1. The van der Waals surface area contributed by atoms with E-state index < -0.39 is 23.5 Å². The molecule has 0 unspecified atom stereocenters. The predicted molar refractivity (Wildman–Crippen MR) is 79.9 cm³/mol. The Balaban J connectivity index is 2.62. The second kappa shape index (κ2) is 9.86. The first-order valence-electron chi connectivity index (χ1n) is 7.08. The van der Waals surface area contributed by atoms with Gasteiger partial charge < -0.3 is 14.8 Å². The molecule has 0 saturated heterocycles. The molecule has 1 aromatic carbocycles. The van der Waals surface area contributed by atoms with E-state index in [0.29, 0.717) is 19.2 Å².